The molecular formula is C13H18N2O2. The molecule has 1 heterocycles. The van der Waals surface area contributed by atoms with Gasteiger partial charge >= 0.3 is 0 Å². The Bertz CT molecular complexity index is 471. The van der Waals surface area contributed by atoms with Crippen molar-refractivity contribution in [2.75, 3.05) is 13.1 Å². The fraction of sp³-hybridized carbons (Fsp3) is 0.538. The zero-order chi connectivity index (χ0) is 12.4. The van der Waals surface area contributed by atoms with E-state index in [4.69, 9.17) is 0 Å². The van der Waals surface area contributed by atoms with Crippen LogP contribution in [0.1, 0.15) is 48.7 Å². The third-order valence-electron chi connectivity index (χ3n) is 3.23. The minimum atomic E-state index is -0.258. The Kier molecular flexibility index (Phi) is 3.31. The third-order valence-corrected chi connectivity index (χ3v) is 3.23. The Morgan fingerprint density at radius 3 is 2.47 bits per heavy atom. The minimum Gasteiger partial charge on any atom is -0.339 e. The monoisotopic (exact) mass is 234 g/mol. The number of H-pyrrole nitrogens is 1. The Morgan fingerprint density at radius 1 is 1.35 bits per heavy atom. The van der Waals surface area contributed by atoms with E-state index in [2.05, 4.69) is 4.98 Å². The Hall–Kier alpha value is -1.58. The summed E-state index contributed by atoms with van der Waals surface area (Å²) >= 11 is 0. The molecule has 0 spiro atoms. The molecule has 1 fully saturated rings. The smallest absolute Gasteiger partial charge is 0.261 e. The quantitative estimate of drug-likeness (QED) is 0.862. The van der Waals surface area contributed by atoms with E-state index in [0.717, 1.165) is 18.5 Å². The van der Waals surface area contributed by atoms with Crippen molar-refractivity contribution < 1.29 is 4.79 Å². The van der Waals surface area contributed by atoms with Crippen LogP contribution < -0.4 is 5.56 Å². The lowest BCUT2D eigenvalue weighted by Gasteiger charge is -2.18. The number of nitrogens with zero attached hydrogens (tertiary/aromatic N) is 1. The summed E-state index contributed by atoms with van der Waals surface area (Å²) in [6.45, 7) is 5.07. The van der Waals surface area contributed by atoms with Crippen LogP contribution in [0.5, 0.6) is 0 Å². The van der Waals surface area contributed by atoms with Gasteiger partial charge in [-0.1, -0.05) is 0 Å². The lowest BCUT2D eigenvalue weighted by Crippen LogP contribution is -2.34. The van der Waals surface area contributed by atoms with Crippen LogP contribution in [0.15, 0.2) is 16.9 Å². The molecule has 1 amide bonds. The molecule has 0 unspecified atom stereocenters. The molecule has 4 heteroatoms. The molecule has 0 bridgehead atoms. The molecule has 1 saturated carbocycles. The van der Waals surface area contributed by atoms with Gasteiger partial charge in [-0.25, -0.2) is 0 Å². The molecule has 0 aromatic carbocycles. The number of aromatic amines is 1. The maximum Gasteiger partial charge on any atom is 0.261 e. The molecule has 0 radical (unpaired) electrons. The summed E-state index contributed by atoms with van der Waals surface area (Å²) in [6.07, 6.45) is 2.28. The molecular weight excluding hydrogens is 216 g/mol. The van der Waals surface area contributed by atoms with Gasteiger partial charge in [0.15, 0.2) is 0 Å². The van der Waals surface area contributed by atoms with E-state index in [-0.39, 0.29) is 17.0 Å². The highest BCUT2D eigenvalue weighted by atomic mass is 16.2. The molecule has 4 nitrogen and oxygen atoms in total. The molecule has 17 heavy (non-hydrogen) atoms. The average molecular weight is 234 g/mol. The SMILES string of the molecule is CCN(CC)C(=O)c1ccc(C2CC2)[nH]c1=O. The van der Waals surface area contributed by atoms with Crippen molar-refractivity contribution in [3.63, 3.8) is 0 Å². The van der Waals surface area contributed by atoms with E-state index in [9.17, 15) is 9.59 Å². The average Bonchev–Trinajstić information content (AvgIpc) is 3.14. The van der Waals surface area contributed by atoms with Gasteiger partial charge < -0.3 is 9.88 Å². The maximum absolute atomic E-state index is 12.0. The molecule has 1 aromatic rings. The molecule has 0 atom stereocenters. The first-order valence-electron chi connectivity index (χ1n) is 6.19. The summed E-state index contributed by atoms with van der Waals surface area (Å²) in [5.41, 5.74) is 0.954. The predicted molar refractivity (Wildman–Crippen MR) is 66.3 cm³/mol. The fourth-order valence-corrected chi connectivity index (χ4v) is 1.97. The van der Waals surface area contributed by atoms with Gasteiger partial charge in [0.1, 0.15) is 5.56 Å². The zero-order valence-corrected chi connectivity index (χ0v) is 10.3. The largest absolute Gasteiger partial charge is 0.339 e. The second kappa shape index (κ2) is 4.73. The van der Waals surface area contributed by atoms with Gasteiger partial charge in [-0.2, -0.15) is 0 Å². The van der Waals surface area contributed by atoms with Crippen LogP contribution in [-0.2, 0) is 0 Å². The van der Waals surface area contributed by atoms with Crippen molar-refractivity contribution in [3.05, 3.63) is 33.7 Å². The highest BCUT2D eigenvalue weighted by Gasteiger charge is 2.25. The topological polar surface area (TPSA) is 53.2 Å². The standard InChI is InChI=1S/C13H18N2O2/c1-3-15(4-2)13(17)10-7-8-11(9-5-6-9)14-12(10)16/h7-9H,3-6H2,1-2H3,(H,14,16). The van der Waals surface area contributed by atoms with Gasteiger partial charge in [-0.15, -0.1) is 0 Å². The molecule has 2 rings (SSSR count). The number of amides is 1. The number of hydrogen-bond acceptors (Lipinski definition) is 2. The number of carbonyl (C=O) groups is 1. The van der Waals surface area contributed by atoms with E-state index in [1.165, 1.54) is 0 Å². The van der Waals surface area contributed by atoms with E-state index in [1.54, 1.807) is 11.0 Å². The molecule has 1 aromatic heterocycles. The summed E-state index contributed by atoms with van der Waals surface area (Å²) in [7, 11) is 0. The molecule has 1 N–H and O–H groups in total. The summed E-state index contributed by atoms with van der Waals surface area (Å²) in [6, 6.07) is 3.53. The van der Waals surface area contributed by atoms with Crippen molar-refractivity contribution in [3.8, 4) is 0 Å². The van der Waals surface area contributed by atoms with Crippen molar-refractivity contribution in [1.29, 1.82) is 0 Å². The number of aromatic nitrogens is 1. The first-order valence-corrected chi connectivity index (χ1v) is 6.19. The van der Waals surface area contributed by atoms with E-state index >= 15 is 0 Å². The fourth-order valence-electron chi connectivity index (χ4n) is 1.97. The van der Waals surface area contributed by atoms with E-state index < -0.39 is 0 Å². The Balaban J connectivity index is 2.26. The lowest BCUT2D eigenvalue weighted by molar-refractivity contribution is 0.0771. The van der Waals surface area contributed by atoms with Crippen molar-refractivity contribution in [2.24, 2.45) is 0 Å². The highest BCUT2D eigenvalue weighted by molar-refractivity contribution is 5.93. The van der Waals surface area contributed by atoms with Crippen molar-refractivity contribution in [2.45, 2.75) is 32.6 Å². The minimum absolute atomic E-state index is 0.182. The van der Waals surface area contributed by atoms with Crippen LogP contribution in [0.2, 0.25) is 0 Å². The second-order valence-electron chi connectivity index (χ2n) is 4.41. The summed E-state index contributed by atoms with van der Waals surface area (Å²) in [4.78, 5) is 28.4. The first-order chi connectivity index (χ1) is 8.17. The third kappa shape index (κ3) is 2.40. The normalized spacial score (nSPS) is 14.7. The van der Waals surface area contributed by atoms with Crippen LogP contribution in [0.25, 0.3) is 0 Å². The summed E-state index contributed by atoms with van der Waals surface area (Å²) in [5.74, 6) is 0.318. The van der Waals surface area contributed by atoms with Gasteiger partial charge in [0.05, 0.1) is 0 Å². The van der Waals surface area contributed by atoms with Crippen LogP contribution in [0.4, 0.5) is 0 Å². The maximum atomic E-state index is 12.0. The first kappa shape index (κ1) is 11.9. The molecule has 92 valence electrons. The number of rotatable bonds is 4. The molecule has 1 aliphatic carbocycles. The molecule has 0 saturated heterocycles. The van der Waals surface area contributed by atoms with Crippen molar-refractivity contribution in [1.82, 2.24) is 9.88 Å². The Morgan fingerprint density at radius 2 is 2.00 bits per heavy atom. The van der Waals surface area contributed by atoms with Crippen LogP contribution in [-0.4, -0.2) is 28.9 Å². The van der Waals surface area contributed by atoms with Crippen LogP contribution in [0, 0.1) is 0 Å². The van der Waals surface area contributed by atoms with Crippen LogP contribution in [0.3, 0.4) is 0 Å². The van der Waals surface area contributed by atoms with Gasteiger partial charge in [0, 0.05) is 18.8 Å². The predicted octanol–water partition coefficient (Wildman–Crippen LogP) is 1.73. The van der Waals surface area contributed by atoms with Gasteiger partial charge in [-0.3, -0.25) is 9.59 Å². The highest BCUT2D eigenvalue weighted by Crippen LogP contribution is 2.38. The second-order valence-corrected chi connectivity index (χ2v) is 4.41. The van der Waals surface area contributed by atoms with Crippen molar-refractivity contribution >= 4 is 5.91 Å². The number of carbonyl (C=O) groups excluding carboxylic acids is 1. The lowest BCUT2D eigenvalue weighted by atomic mass is 10.2. The Labute approximate surface area is 101 Å². The van der Waals surface area contributed by atoms with Gasteiger partial charge in [0.25, 0.3) is 11.5 Å². The summed E-state index contributed by atoms with van der Waals surface area (Å²) in [5, 5.41) is 0. The molecule has 0 aliphatic heterocycles. The number of hydrogen-bond donors (Lipinski definition) is 1. The number of pyridine rings is 1. The van der Waals surface area contributed by atoms with Gasteiger partial charge in [0.2, 0.25) is 0 Å². The van der Waals surface area contributed by atoms with Crippen LogP contribution >= 0.6 is 0 Å². The zero-order valence-electron chi connectivity index (χ0n) is 10.3. The van der Waals surface area contributed by atoms with Gasteiger partial charge in [-0.05, 0) is 44.7 Å². The van der Waals surface area contributed by atoms with E-state index in [0.29, 0.717) is 19.0 Å². The van der Waals surface area contributed by atoms with E-state index in [1.807, 2.05) is 19.9 Å². The summed E-state index contributed by atoms with van der Waals surface area (Å²) < 4.78 is 0. The number of nitrogens with one attached hydrogen (secondary N) is 1. The molecule has 1 aliphatic rings.